The molecular weight excluding hydrogens is 382 g/mol. The van der Waals surface area contributed by atoms with Crippen molar-refractivity contribution < 1.29 is 0 Å². The fraction of sp³-hybridized carbons (Fsp3) is 0.0667. The second kappa shape index (κ2) is 5.60. The minimum absolute atomic E-state index is 0.288. The molecule has 2 heterocycles. The molecule has 3 rings (SSSR count). The van der Waals surface area contributed by atoms with Crippen molar-refractivity contribution in [1.82, 2.24) is 9.97 Å². The Balaban J connectivity index is 2.05. The number of nitrogens with zero attached hydrogens (tertiary/aromatic N) is 2. The van der Waals surface area contributed by atoms with E-state index in [2.05, 4.69) is 41.8 Å². The van der Waals surface area contributed by atoms with Crippen LogP contribution in [0.15, 0.2) is 57.7 Å². The van der Waals surface area contributed by atoms with Gasteiger partial charge in [0.25, 0.3) is 0 Å². The van der Waals surface area contributed by atoms with Gasteiger partial charge in [0.15, 0.2) is 0 Å². The first-order valence-electron chi connectivity index (χ1n) is 6.06. The zero-order valence-electron chi connectivity index (χ0n) is 10.4. The van der Waals surface area contributed by atoms with E-state index in [0.717, 1.165) is 31.1 Å². The van der Waals surface area contributed by atoms with Crippen molar-refractivity contribution in [2.75, 3.05) is 0 Å². The van der Waals surface area contributed by atoms with Gasteiger partial charge in [-0.1, -0.05) is 18.2 Å². The largest absolute Gasteiger partial charge is 0.319 e. The first-order valence-corrected chi connectivity index (χ1v) is 7.65. The normalized spacial score (nSPS) is 12.6. The lowest BCUT2D eigenvalue weighted by atomic mass is 10.0. The van der Waals surface area contributed by atoms with Crippen LogP contribution in [0.4, 0.5) is 0 Å². The molecular formula is C15H11Br2N3. The Labute approximate surface area is 133 Å². The van der Waals surface area contributed by atoms with Gasteiger partial charge in [-0.25, -0.2) is 0 Å². The van der Waals surface area contributed by atoms with Gasteiger partial charge in [-0.2, -0.15) is 0 Å². The van der Waals surface area contributed by atoms with Gasteiger partial charge in [0, 0.05) is 26.7 Å². The molecule has 3 nitrogen and oxygen atoms in total. The van der Waals surface area contributed by atoms with E-state index in [1.807, 2.05) is 36.4 Å². The Morgan fingerprint density at radius 1 is 1.05 bits per heavy atom. The van der Waals surface area contributed by atoms with E-state index in [-0.39, 0.29) is 6.04 Å². The number of halogens is 2. The SMILES string of the molecule is NC(c1ccc2cccnc2c1)c1ncc(Br)cc1Br. The van der Waals surface area contributed by atoms with Crippen molar-refractivity contribution >= 4 is 42.8 Å². The quantitative estimate of drug-likeness (QED) is 0.710. The van der Waals surface area contributed by atoms with E-state index in [1.165, 1.54) is 0 Å². The molecule has 0 radical (unpaired) electrons. The van der Waals surface area contributed by atoms with Crippen LogP contribution in [-0.4, -0.2) is 9.97 Å². The summed E-state index contributed by atoms with van der Waals surface area (Å²) in [7, 11) is 0. The Bertz CT molecular complexity index is 774. The summed E-state index contributed by atoms with van der Waals surface area (Å²) < 4.78 is 1.81. The molecule has 0 aliphatic carbocycles. The maximum absolute atomic E-state index is 6.32. The van der Waals surface area contributed by atoms with Gasteiger partial charge < -0.3 is 5.73 Å². The maximum Gasteiger partial charge on any atom is 0.0758 e. The van der Waals surface area contributed by atoms with Crippen LogP contribution in [0.25, 0.3) is 10.9 Å². The molecule has 1 unspecified atom stereocenters. The number of benzene rings is 1. The van der Waals surface area contributed by atoms with Crippen molar-refractivity contribution in [2.45, 2.75) is 6.04 Å². The summed E-state index contributed by atoms with van der Waals surface area (Å²) >= 11 is 6.90. The molecule has 3 aromatic rings. The lowest BCUT2D eigenvalue weighted by Crippen LogP contribution is -2.14. The van der Waals surface area contributed by atoms with Gasteiger partial charge >= 0.3 is 0 Å². The van der Waals surface area contributed by atoms with Crippen molar-refractivity contribution in [3.63, 3.8) is 0 Å². The number of nitrogens with two attached hydrogens (primary N) is 1. The monoisotopic (exact) mass is 391 g/mol. The van der Waals surface area contributed by atoms with Crippen molar-refractivity contribution in [2.24, 2.45) is 5.73 Å². The minimum atomic E-state index is -0.288. The summed E-state index contributed by atoms with van der Waals surface area (Å²) in [6.07, 6.45) is 3.53. The van der Waals surface area contributed by atoms with E-state index in [1.54, 1.807) is 12.4 Å². The molecule has 0 saturated heterocycles. The number of hydrogen-bond acceptors (Lipinski definition) is 3. The lowest BCUT2D eigenvalue weighted by Gasteiger charge is -2.14. The van der Waals surface area contributed by atoms with E-state index in [0.29, 0.717) is 0 Å². The maximum atomic E-state index is 6.32. The Morgan fingerprint density at radius 3 is 2.70 bits per heavy atom. The van der Waals surface area contributed by atoms with Crippen LogP contribution in [0.3, 0.4) is 0 Å². The highest BCUT2D eigenvalue weighted by Gasteiger charge is 2.14. The molecule has 2 aromatic heterocycles. The molecule has 5 heteroatoms. The Kier molecular flexibility index (Phi) is 3.83. The van der Waals surface area contributed by atoms with Gasteiger partial charge in [-0.3, -0.25) is 9.97 Å². The fourth-order valence-electron chi connectivity index (χ4n) is 2.09. The van der Waals surface area contributed by atoms with E-state index in [4.69, 9.17) is 5.73 Å². The van der Waals surface area contributed by atoms with Crippen molar-refractivity contribution in [3.05, 3.63) is 69.0 Å². The van der Waals surface area contributed by atoms with Crippen LogP contribution in [0.2, 0.25) is 0 Å². The van der Waals surface area contributed by atoms with Crippen LogP contribution >= 0.6 is 31.9 Å². The number of pyridine rings is 2. The molecule has 0 aliphatic heterocycles. The van der Waals surface area contributed by atoms with Crippen LogP contribution in [0.5, 0.6) is 0 Å². The van der Waals surface area contributed by atoms with Crippen molar-refractivity contribution in [3.8, 4) is 0 Å². The predicted molar refractivity (Wildman–Crippen MR) is 87.4 cm³/mol. The van der Waals surface area contributed by atoms with Crippen LogP contribution in [-0.2, 0) is 0 Å². The fourth-order valence-corrected chi connectivity index (χ4v) is 3.32. The Morgan fingerprint density at radius 2 is 1.90 bits per heavy atom. The van der Waals surface area contributed by atoms with Gasteiger partial charge in [-0.15, -0.1) is 0 Å². The first kappa shape index (κ1) is 13.7. The van der Waals surface area contributed by atoms with Gasteiger partial charge in [-0.05, 0) is 55.6 Å². The molecule has 0 fully saturated rings. The first-order chi connectivity index (χ1) is 9.65. The summed E-state index contributed by atoms with van der Waals surface area (Å²) in [5.74, 6) is 0. The summed E-state index contributed by atoms with van der Waals surface area (Å²) in [5, 5.41) is 1.10. The molecule has 20 heavy (non-hydrogen) atoms. The van der Waals surface area contributed by atoms with Crippen molar-refractivity contribution in [1.29, 1.82) is 0 Å². The van der Waals surface area contributed by atoms with Crippen LogP contribution < -0.4 is 5.73 Å². The highest BCUT2D eigenvalue weighted by atomic mass is 79.9. The molecule has 0 aliphatic rings. The average Bonchev–Trinajstić information content (AvgIpc) is 2.46. The van der Waals surface area contributed by atoms with Crippen LogP contribution in [0.1, 0.15) is 17.3 Å². The molecule has 0 spiro atoms. The average molecular weight is 393 g/mol. The number of aromatic nitrogens is 2. The Hall–Kier alpha value is -1.30. The number of hydrogen-bond donors (Lipinski definition) is 1. The summed E-state index contributed by atoms with van der Waals surface area (Å²) in [6, 6.07) is 11.7. The van der Waals surface area contributed by atoms with Gasteiger partial charge in [0.2, 0.25) is 0 Å². The summed E-state index contributed by atoms with van der Waals surface area (Å²) in [5.41, 5.74) is 9.06. The molecule has 0 bridgehead atoms. The van der Waals surface area contributed by atoms with E-state index in [9.17, 15) is 0 Å². The van der Waals surface area contributed by atoms with E-state index < -0.39 is 0 Å². The molecule has 0 amide bonds. The lowest BCUT2D eigenvalue weighted by molar-refractivity contribution is 0.822. The highest BCUT2D eigenvalue weighted by molar-refractivity contribution is 9.11. The molecule has 1 aromatic carbocycles. The standard InChI is InChI=1S/C15H11Br2N3/c16-11-7-12(17)15(20-8-11)14(18)10-4-3-9-2-1-5-19-13(9)6-10/h1-8,14H,18H2. The van der Waals surface area contributed by atoms with Crippen LogP contribution in [0, 0.1) is 0 Å². The number of fused-ring (bicyclic) bond motifs is 1. The highest BCUT2D eigenvalue weighted by Crippen LogP contribution is 2.28. The molecule has 2 N–H and O–H groups in total. The van der Waals surface area contributed by atoms with E-state index >= 15 is 0 Å². The molecule has 0 saturated carbocycles. The summed E-state index contributed by atoms with van der Waals surface area (Å²) in [6.45, 7) is 0. The van der Waals surface area contributed by atoms with Gasteiger partial charge in [0.05, 0.1) is 17.3 Å². The minimum Gasteiger partial charge on any atom is -0.319 e. The molecule has 1 atom stereocenters. The second-order valence-electron chi connectivity index (χ2n) is 4.45. The zero-order valence-corrected chi connectivity index (χ0v) is 13.6. The number of rotatable bonds is 2. The smallest absolute Gasteiger partial charge is 0.0758 e. The van der Waals surface area contributed by atoms with Gasteiger partial charge in [0.1, 0.15) is 0 Å². The topological polar surface area (TPSA) is 51.8 Å². The predicted octanol–water partition coefficient (Wildman–Crippen LogP) is 4.20. The third kappa shape index (κ3) is 2.61. The summed E-state index contributed by atoms with van der Waals surface area (Å²) in [4.78, 5) is 8.75. The second-order valence-corrected chi connectivity index (χ2v) is 6.22. The third-order valence-corrected chi connectivity index (χ3v) is 4.19. The third-order valence-electron chi connectivity index (χ3n) is 3.12. The zero-order chi connectivity index (χ0) is 14.1. The molecule has 100 valence electrons.